The first-order valence-corrected chi connectivity index (χ1v) is 19.6. The molecule has 0 bridgehead atoms. The van der Waals surface area contributed by atoms with Crippen molar-refractivity contribution in [3.63, 3.8) is 0 Å². The van der Waals surface area contributed by atoms with E-state index in [0.29, 0.717) is 12.8 Å². The van der Waals surface area contributed by atoms with E-state index in [-0.39, 0.29) is 23.0 Å². The van der Waals surface area contributed by atoms with E-state index in [1.165, 1.54) is 27.8 Å². The van der Waals surface area contributed by atoms with E-state index in [1.54, 1.807) is 14.2 Å². The lowest BCUT2D eigenvalue weighted by Crippen LogP contribution is -2.48. The highest BCUT2D eigenvalue weighted by Crippen LogP contribution is 2.57. The average molecular weight is 873 g/mol. The van der Waals surface area contributed by atoms with Gasteiger partial charge in [-0.2, -0.15) is 0 Å². The third kappa shape index (κ3) is 5.76. The molecule has 6 atom stereocenters. The van der Waals surface area contributed by atoms with E-state index in [9.17, 15) is 10.2 Å². The molecule has 6 aliphatic rings. The molecule has 3 aromatic carbocycles. The first-order valence-electron chi connectivity index (χ1n) is 17.2. The number of rotatable bonds is 4. The predicted molar refractivity (Wildman–Crippen MR) is 203 cm³/mol. The smallest absolute Gasteiger partial charge is 0.166 e. The Bertz CT molecular complexity index is 1870. The summed E-state index contributed by atoms with van der Waals surface area (Å²) in [6, 6.07) is 12.5. The zero-order valence-electron chi connectivity index (χ0n) is 28.1. The summed E-state index contributed by atoms with van der Waals surface area (Å²) in [5.41, 5.74) is 5.87. The summed E-state index contributed by atoms with van der Waals surface area (Å²) in [6.45, 7) is 4.49. The maximum atomic E-state index is 10.3. The first kappa shape index (κ1) is 34.7. The fourth-order valence-electron chi connectivity index (χ4n) is 8.89. The lowest BCUT2D eigenvalue weighted by molar-refractivity contribution is 0.0704. The van der Waals surface area contributed by atoms with Crippen LogP contribution < -0.4 is 24.3 Å². The topological polar surface area (TPSA) is 92.7 Å². The van der Waals surface area contributed by atoms with Crippen LogP contribution in [-0.2, 0) is 30.2 Å². The van der Waals surface area contributed by atoms with Gasteiger partial charge < -0.3 is 34.5 Å². The van der Waals surface area contributed by atoms with Gasteiger partial charge in [-0.05, 0) is 60.3 Å². The van der Waals surface area contributed by atoms with Crippen molar-refractivity contribution in [3.05, 3.63) is 102 Å². The summed E-state index contributed by atoms with van der Waals surface area (Å²) in [7, 11) is 3.35. The normalized spacial score (nSPS) is 29.9. The van der Waals surface area contributed by atoms with Crippen LogP contribution in [0.3, 0.4) is 0 Å². The second-order valence-electron chi connectivity index (χ2n) is 14.1. The molecule has 3 aromatic rings. The molecule has 0 radical (unpaired) electrons. The van der Waals surface area contributed by atoms with Crippen molar-refractivity contribution in [1.29, 1.82) is 0 Å². The summed E-state index contributed by atoms with van der Waals surface area (Å²) < 4.78 is 27.1. The van der Waals surface area contributed by atoms with E-state index in [4.69, 9.17) is 18.9 Å². The highest BCUT2D eigenvalue weighted by Gasteiger charge is 2.55. The SMILES string of the molecule is COc1cc(Br)c2c3c1OC1C[C@@H](O)C=CC31CN(Cc1ccc(Br)cc1)CC2.COc1cc(Br)c2c3c1OC1C[C@@H](O)C=CC31CNCC2. The van der Waals surface area contributed by atoms with E-state index in [2.05, 4.69) is 94.4 Å². The molecule has 9 rings (SSSR count). The molecular weight excluding hydrogens is 832 g/mol. The molecule has 0 aromatic heterocycles. The molecule has 4 unspecified atom stereocenters. The minimum absolute atomic E-state index is 0.0416. The zero-order valence-corrected chi connectivity index (χ0v) is 32.8. The molecular formula is C39H41Br3N2O6. The van der Waals surface area contributed by atoms with Gasteiger partial charge in [0.25, 0.3) is 0 Å². The number of aliphatic hydroxyl groups excluding tert-OH is 2. The monoisotopic (exact) mass is 870 g/mol. The molecule has 0 fully saturated rings. The number of aliphatic hydroxyl groups is 2. The van der Waals surface area contributed by atoms with Crippen molar-refractivity contribution in [2.75, 3.05) is 40.4 Å². The minimum atomic E-state index is -0.471. The van der Waals surface area contributed by atoms with Gasteiger partial charge in [-0.1, -0.05) is 84.2 Å². The summed E-state index contributed by atoms with van der Waals surface area (Å²) in [5, 5.41) is 23.8. The van der Waals surface area contributed by atoms with Crippen molar-refractivity contribution < 1.29 is 29.2 Å². The van der Waals surface area contributed by atoms with Crippen molar-refractivity contribution in [3.8, 4) is 23.0 Å². The molecule has 0 saturated heterocycles. The number of nitrogens with one attached hydrogen (secondary N) is 1. The van der Waals surface area contributed by atoms with Crippen LogP contribution in [0.1, 0.15) is 40.7 Å². The Morgan fingerprint density at radius 3 is 2.00 bits per heavy atom. The van der Waals surface area contributed by atoms with E-state index >= 15 is 0 Å². The summed E-state index contributed by atoms with van der Waals surface area (Å²) in [6.07, 6.45) is 10.2. The van der Waals surface area contributed by atoms with Gasteiger partial charge in [-0.15, -0.1) is 0 Å². The summed E-state index contributed by atoms with van der Waals surface area (Å²) in [4.78, 5) is 2.51. The van der Waals surface area contributed by atoms with E-state index in [0.717, 1.165) is 82.0 Å². The van der Waals surface area contributed by atoms with Gasteiger partial charge in [-0.3, -0.25) is 4.90 Å². The van der Waals surface area contributed by atoms with Crippen LogP contribution >= 0.6 is 47.8 Å². The lowest BCUT2D eigenvalue weighted by Gasteiger charge is -2.38. The molecule has 8 nitrogen and oxygen atoms in total. The quantitative estimate of drug-likeness (QED) is 0.256. The van der Waals surface area contributed by atoms with Crippen molar-refractivity contribution >= 4 is 47.8 Å². The zero-order chi connectivity index (χ0) is 34.8. The van der Waals surface area contributed by atoms with Crippen LogP contribution in [0.15, 0.2) is 74.1 Å². The molecule has 2 aliphatic carbocycles. The first-order chi connectivity index (χ1) is 24.2. The number of hydrogen-bond acceptors (Lipinski definition) is 8. The van der Waals surface area contributed by atoms with Crippen LogP contribution in [0.5, 0.6) is 23.0 Å². The Kier molecular flexibility index (Phi) is 9.40. The summed E-state index contributed by atoms with van der Waals surface area (Å²) in [5.74, 6) is 3.22. The van der Waals surface area contributed by atoms with Crippen molar-refractivity contribution in [2.45, 2.75) is 67.5 Å². The molecule has 50 heavy (non-hydrogen) atoms. The fourth-order valence-corrected chi connectivity index (χ4v) is 10.4. The molecule has 0 amide bonds. The van der Waals surface area contributed by atoms with Crippen LogP contribution in [0, 0.1) is 0 Å². The van der Waals surface area contributed by atoms with E-state index < -0.39 is 12.2 Å². The molecule has 4 heterocycles. The van der Waals surface area contributed by atoms with Gasteiger partial charge in [0.15, 0.2) is 23.0 Å². The van der Waals surface area contributed by atoms with Gasteiger partial charge in [0.1, 0.15) is 12.2 Å². The number of nitrogens with zero attached hydrogens (tertiary/aromatic N) is 1. The van der Waals surface area contributed by atoms with Crippen LogP contribution in [-0.4, -0.2) is 79.9 Å². The number of hydrogen-bond donors (Lipinski definition) is 3. The maximum Gasteiger partial charge on any atom is 0.166 e. The third-order valence-corrected chi connectivity index (χ3v) is 13.2. The van der Waals surface area contributed by atoms with Gasteiger partial charge in [0.05, 0.1) is 37.3 Å². The summed E-state index contributed by atoms with van der Waals surface area (Å²) >= 11 is 11.0. The molecule has 3 N–H and O–H groups in total. The second kappa shape index (κ2) is 13.5. The number of halogens is 3. The van der Waals surface area contributed by atoms with Crippen LogP contribution in [0.2, 0.25) is 0 Å². The van der Waals surface area contributed by atoms with Crippen molar-refractivity contribution in [2.24, 2.45) is 0 Å². The second-order valence-corrected chi connectivity index (χ2v) is 16.7. The lowest BCUT2D eigenvalue weighted by atomic mass is 9.70. The molecule has 264 valence electrons. The highest BCUT2D eigenvalue weighted by atomic mass is 79.9. The predicted octanol–water partition coefficient (Wildman–Crippen LogP) is 6.52. The third-order valence-electron chi connectivity index (χ3n) is 11.2. The average Bonchev–Trinajstić information content (AvgIpc) is 3.44. The number of methoxy groups -OCH3 is 2. The van der Waals surface area contributed by atoms with Gasteiger partial charge in [0, 0.05) is 63.6 Å². The van der Waals surface area contributed by atoms with Crippen LogP contribution in [0.25, 0.3) is 0 Å². The Labute approximate surface area is 318 Å². The molecule has 0 saturated carbocycles. The fraction of sp³-hybridized carbons (Fsp3) is 0.436. The Hall–Kier alpha value is -2.38. The van der Waals surface area contributed by atoms with Gasteiger partial charge in [0.2, 0.25) is 0 Å². The Morgan fingerprint density at radius 2 is 1.38 bits per heavy atom. The minimum Gasteiger partial charge on any atom is -0.493 e. The molecule has 4 aliphatic heterocycles. The Balaban J connectivity index is 0.000000152. The largest absolute Gasteiger partial charge is 0.493 e. The molecule has 11 heteroatoms. The van der Waals surface area contributed by atoms with Gasteiger partial charge >= 0.3 is 0 Å². The van der Waals surface area contributed by atoms with Gasteiger partial charge in [-0.25, -0.2) is 0 Å². The molecule has 2 spiro atoms. The van der Waals surface area contributed by atoms with E-state index in [1.807, 2.05) is 24.3 Å². The standard InChI is InChI=1S/C23H23Br2NO3.C16H18BrNO3/c1-28-19-11-18(25)17-7-9-26(12-14-2-4-15(24)5-3-14)13-23-8-6-16(27)10-20(23)29-22(19)21(17)23;1-20-12-7-11(17)10-3-5-18-8-16-4-2-9(19)6-13(16)21-15(12)14(10)16/h2-6,8,11,16,20,27H,7,9-10,12-13H2,1H3;2,4,7,9,13,18-19H,3,5-6,8H2,1H3/t16-,20?,23?;9-,13?,16?/m00/s1. The highest BCUT2D eigenvalue weighted by molar-refractivity contribution is 9.11. The maximum absolute atomic E-state index is 10.3. The Morgan fingerprint density at radius 1 is 0.820 bits per heavy atom. The van der Waals surface area contributed by atoms with Crippen LogP contribution in [0.4, 0.5) is 0 Å². The number of ether oxygens (including phenoxy) is 4. The number of benzene rings is 3. The van der Waals surface area contributed by atoms with Crippen molar-refractivity contribution in [1.82, 2.24) is 10.2 Å².